The Kier molecular flexibility index (Phi) is 5.56. The van der Waals surface area contributed by atoms with Crippen molar-refractivity contribution < 1.29 is 42.3 Å². The van der Waals surface area contributed by atoms with E-state index in [-0.39, 0.29) is 17.9 Å². The second-order valence-electron chi connectivity index (χ2n) is 7.11. The molecular formula is C17H19ClFN2O8P. The number of nitrogens with one attached hydrogen (secondary N) is 1. The van der Waals surface area contributed by atoms with Crippen molar-refractivity contribution in [3.8, 4) is 5.75 Å². The van der Waals surface area contributed by atoms with Crippen molar-refractivity contribution in [2.45, 2.75) is 44.5 Å². The SMILES string of the molecule is CC1=CN([C@@H]2O[C@](F)(COP3(=O)OCc4cc(Cl)ccc4O3)C[C@H]2O)C(O)NC1=O. The predicted molar refractivity (Wildman–Crippen MR) is 99.5 cm³/mol. The largest absolute Gasteiger partial charge is 0.530 e. The number of benzene rings is 1. The third-order valence-corrected chi connectivity index (χ3v) is 6.31. The number of alkyl halides is 1. The number of halogens is 2. The number of ether oxygens (including phenoxy) is 1. The van der Waals surface area contributed by atoms with Gasteiger partial charge in [0, 0.05) is 28.8 Å². The smallest absolute Gasteiger partial charge is 0.404 e. The number of nitrogens with zero attached hydrogens (tertiary/aromatic N) is 1. The first-order valence-corrected chi connectivity index (χ1v) is 10.8. The fraction of sp³-hybridized carbons (Fsp3) is 0.471. The van der Waals surface area contributed by atoms with E-state index in [4.69, 9.17) is 29.9 Å². The zero-order valence-corrected chi connectivity index (χ0v) is 17.3. The van der Waals surface area contributed by atoms with Crippen molar-refractivity contribution in [1.82, 2.24) is 10.2 Å². The van der Waals surface area contributed by atoms with Gasteiger partial charge in [-0.2, -0.15) is 0 Å². The summed E-state index contributed by atoms with van der Waals surface area (Å²) in [6, 6.07) is 4.61. The highest BCUT2D eigenvalue weighted by Crippen LogP contribution is 2.55. The average molecular weight is 465 g/mol. The van der Waals surface area contributed by atoms with Crippen LogP contribution in [0.15, 0.2) is 30.0 Å². The number of hydrogen-bond acceptors (Lipinski definition) is 9. The Labute approximate surface area is 175 Å². The van der Waals surface area contributed by atoms with Crippen LogP contribution in [0.4, 0.5) is 4.39 Å². The van der Waals surface area contributed by atoms with Gasteiger partial charge in [-0.1, -0.05) is 11.6 Å². The Morgan fingerprint density at radius 3 is 3.00 bits per heavy atom. The second-order valence-corrected chi connectivity index (χ2v) is 9.14. The molecule has 30 heavy (non-hydrogen) atoms. The van der Waals surface area contributed by atoms with Gasteiger partial charge in [0.2, 0.25) is 12.2 Å². The van der Waals surface area contributed by atoms with Crippen molar-refractivity contribution in [2.75, 3.05) is 6.61 Å². The van der Waals surface area contributed by atoms with Gasteiger partial charge in [-0.05, 0) is 25.1 Å². The van der Waals surface area contributed by atoms with Gasteiger partial charge in [-0.25, -0.2) is 8.96 Å². The Morgan fingerprint density at radius 1 is 1.47 bits per heavy atom. The van der Waals surface area contributed by atoms with Gasteiger partial charge in [0.25, 0.3) is 5.91 Å². The molecule has 2 unspecified atom stereocenters. The third kappa shape index (κ3) is 4.19. The lowest BCUT2D eigenvalue weighted by Crippen LogP contribution is -2.56. The molecule has 0 saturated carbocycles. The molecule has 3 aliphatic heterocycles. The van der Waals surface area contributed by atoms with E-state index >= 15 is 4.39 Å². The molecule has 13 heteroatoms. The summed E-state index contributed by atoms with van der Waals surface area (Å²) < 4.78 is 48.6. The van der Waals surface area contributed by atoms with E-state index in [0.717, 1.165) is 4.90 Å². The van der Waals surface area contributed by atoms with Crippen LogP contribution in [0.25, 0.3) is 0 Å². The van der Waals surface area contributed by atoms with E-state index in [2.05, 4.69) is 5.32 Å². The highest BCUT2D eigenvalue weighted by atomic mass is 35.5. The molecule has 0 radical (unpaired) electrons. The topological polar surface area (TPSA) is 127 Å². The first-order valence-electron chi connectivity index (χ1n) is 8.94. The lowest BCUT2D eigenvalue weighted by atomic mass is 10.1. The number of rotatable bonds is 4. The standard InChI is InChI=1S/C17H19ClFN2O8P/c1-9-6-21(16(24)20-14(9)23)15-12(22)5-17(19,28-15)8-27-30(25)26-7-10-4-11(18)2-3-13(10)29-30/h2-4,6,12,15-16,22,24H,5,7-8H2,1H3,(H,20,23)/t12-,15-,16?,17+,30?/m1/s1. The van der Waals surface area contributed by atoms with Gasteiger partial charge < -0.3 is 29.7 Å². The van der Waals surface area contributed by atoms with E-state index in [1.807, 2.05) is 0 Å². The minimum absolute atomic E-state index is 0.109. The van der Waals surface area contributed by atoms with Crippen LogP contribution in [0, 0.1) is 0 Å². The summed E-state index contributed by atoms with van der Waals surface area (Å²) in [5.41, 5.74) is 0.791. The molecule has 5 atom stereocenters. The molecule has 0 spiro atoms. The van der Waals surface area contributed by atoms with Gasteiger partial charge in [0.05, 0.1) is 6.61 Å². The number of aliphatic hydroxyl groups is 2. The molecule has 0 aromatic heterocycles. The number of phosphoric acid groups is 1. The number of amides is 1. The fourth-order valence-electron chi connectivity index (χ4n) is 3.26. The Hall–Kier alpha value is -1.72. The normalized spacial score (nSPS) is 36.0. The van der Waals surface area contributed by atoms with Crippen molar-refractivity contribution >= 4 is 25.3 Å². The fourth-order valence-corrected chi connectivity index (χ4v) is 4.71. The molecular weight excluding hydrogens is 446 g/mol. The summed E-state index contributed by atoms with van der Waals surface area (Å²) in [5, 5.41) is 22.9. The van der Waals surface area contributed by atoms with Crippen molar-refractivity contribution in [1.29, 1.82) is 0 Å². The molecule has 3 N–H and O–H groups in total. The first-order chi connectivity index (χ1) is 14.1. The summed E-state index contributed by atoms with van der Waals surface area (Å²) in [7, 11) is -4.13. The Morgan fingerprint density at radius 2 is 2.23 bits per heavy atom. The maximum atomic E-state index is 15.2. The summed E-state index contributed by atoms with van der Waals surface area (Å²) >= 11 is 5.88. The Balaban J connectivity index is 1.42. The van der Waals surface area contributed by atoms with E-state index in [9.17, 15) is 19.6 Å². The van der Waals surface area contributed by atoms with E-state index in [1.165, 1.54) is 25.3 Å². The molecule has 1 saturated heterocycles. The molecule has 1 amide bonds. The highest BCUT2D eigenvalue weighted by molar-refractivity contribution is 7.49. The number of fused-ring (bicyclic) bond motifs is 1. The van der Waals surface area contributed by atoms with Crippen molar-refractivity contribution in [3.05, 3.63) is 40.6 Å². The number of aliphatic hydroxyl groups excluding tert-OH is 2. The summed E-state index contributed by atoms with van der Waals surface area (Å²) in [6.07, 6.45) is -3.49. The van der Waals surface area contributed by atoms with Gasteiger partial charge in [-0.15, -0.1) is 0 Å². The molecule has 4 rings (SSSR count). The van der Waals surface area contributed by atoms with Gasteiger partial charge >= 0.3 is 7.82 Å². The second kappa shape index (κ2) is 7.76. The maximum absolute atomic E-state index is 15.2. The minimum atomic E-state index is -4.13. The van der Waals surface area contributed by atoms with Gasteiger partial charge in [0.15, 0.2) is 6.23 Å². The average Bonchev–Trinajstić information content (AvgIpc) is 2.98. The van der Waals surface area contributed by atoms with Crippen LogP contribution in [-0.4, -0.2) is 52.2 Å². The molecule has 1 fully saturated rings. The molecule has 3 aliphatic rings. The zero-order chi connectivity index (χ0) is 21.7. The lowest BCUT2D eigenvalue weighted by Gasteiger charge is -2.36. The highest BCUT2D eigenvalue weighted by Gasteiger charge is 2.52. The summed E-state index contributed by atoms with van der Waals surface area (Å²) in [6.45, 7) is 0.512. The maximum Gasteiger partial charge on any atom is 0.530 e. The summed E-state index contributed by atoms with van der Waals surface area (Å²) in [4.78, 5) is 12.6. The first kappa shape index (κ1) is 21.5. The zero-order valence-electron chi connectivity index (χ0n) is 15.7. The monoisotopic (exact) mass is 464 g/mol. The van der Waals surface area contributed by atoms with E-state index < -0.39 is 51.3 Å². The minimum Gasteiger partial charge on any atom is -0.404 e. The van der Waals surface area contributed by atoms with Crippen LogP contribution >= 0.6 is 19.4 Å². The summed E-state index contributed by atoms with van der Waals surface area (Å²) in [5.74, 6) is -2.82. The molecule has 164 valence electrons. The quantitative estimate of drug-likeness (QED) is 0.571. The molecule has 0 bridgehead atoms. The molecule has 1 aromatic rings. The lowest BCUT2D eigenvalue weighted by molar-refractivity contribution is -0.211. The van der Waals surface area contributed by atoms with Crippen LogP contribution in [-0.2, 0) is 29.8 Å². The van der Waals surface area contributed by atoms with E-state index in [1.54, 1.807) is 6.07 Å². The molecule has 1 aromatic carbocycles. The number of hydrogen-bond donors (Lipinski definition) is 3. The molecule has 10 nitrogen and oxygen atoms in total. The van der Waals surface area contributed by atoms with Gasteiger partial charge in [0.1, 0.15) is 18.5 Å². The van der Waals surface area contributed by atoms with Crippen LogP contribution in [0.2, 0.25) is 5.02 Å². The molecule has 3 heterocycles. The van der Waals surface area contributed by atoms with Crippen LogP contribution in [0.3, 0.4) is 0 Å². The van der Waals surface area contributed by atoms with Crippen molar-refractivity contribution in [2.24, 2.45) is 0 Å². The van der Waals surface area contributed by atoms with Crippen molar-refractivity contribution in [3.63, 3.8) is 0 Å². The predicted octanol–water partition coefficient (Wildman–Crippen LogP) is 1.76. The van der Waals surface area contributed by atoms with Crippen LogP contribution in [0.5, 0.6) is 5.75 Å². The molecule has 0 aliphatic carbocycles. The van der Waals surface area contributed by atoms with Crippen LogP contribution < -0.4 is 9.84 Å². The number of carbonyl (C=O) groups is 1. The van der Waals surface area contributed by atoms with Crippen LogP contribution in [0.1, 0.15) is 18.9 Å². The number of carbonyl (C=O) groups excluding carboxylic acids is 1. The third-order valence-electron chi connectivity index (χ3n) is 4.76. The Bertz CT molecular complexity index is 948. The van der Waals surface area contributed by atoms with Gasteiger partial charge in [-0.3, -0.25) is 13.8 Å². The number of phosphoric ester groups is 1. The van der Waals surface area contributed by atoms with E-state index in [0.29, 0.717) is 10.6 Å².